The third-order valence-electron chi connectivity index (χ3n) is 5.50. The van der Waals surface area contributed by atoms with Gasteiger partial charge in [0.05, 0.1) is 6.54 Å². The predicted molar refractivity (Wildman–Crippen MR) is 118 cm³/mol. The Morgan fingerprint density at radius 3 is 2.67 bits per heavy atom. The summed E-state index contributed by atoms with van der Waals surface area (Å²) in [6.07, 6.45) is 2.83. The maximum atomic E-state index is 12.9. The molecular formula is C24H27N3O3. The first kappa shape index (κ1) is 20.0. The zero-order valence-corrected chi connectivity index (χ0v) is 17.6. The molecule has 3 amide bonds. The molecule has 2 N–H and O–H groups in total. The molecule has 1 saturated carbocycles. The zero-order valence-electron chi connectivity index (χ0n) is 17.6. The molecule has 0 aliphatic heterocycles. The molecule has 30 heavy (non-hydrogen) atoms. The van der Waals surface area contributed by atoms with Crippen molar-refractivity contribution in [3.63, 3.8) is 0 Å². The van der Waals surface area contributed by atoms with Crippen molar-refractivity contribution in [1.29, 1.82) is 0 Å². The number of urea groups is 1. The summed E-state index contributed by atoms with van der Waals surface area (Å²) < 4.78 is 5.94. The molecule has 156 valence electrons. The molecule has 1 aromatic heterocycles. The number of para-hydroxylation sites is 1. The number of anilines is 1. The van der Waals surface area contributed by atoms with Crippen LogP contribution in [-0.2, 0) is 13.0 Å². The van der Waals surface area contributed by atoms with Crippen LogP contribution in [0.2, 0.25) is 0 Å². The van der Waals surface area contributed by atoms with Crippen LogP contribution in [0.4, 0.5) is 10.5 Å². The molecule has 0 bridgehead atoms. The van der Waals surface area contributed by atoms with Crippen molar-refractivity contribution in [3.05, 3.63) is 64.9 Å². The number of fused-ring (bicyclic) bond motifs is 1. The lowest BCUT2D eigenvalue weighted by atomic mass is 10.1. The van der Waals surface area contributed by atoms with Crippen LogP contribution in [0.15, 0.2) is 46.9 Å². The average molecular weight is 405 g/mol. The summed E-state index contributed by atoms with van der Waals surface area (Å²) in [5, 5.41) is 6.96. The van der Waals surface area contributed by atoms with Gasteiger partial charge in [0.1, 0.15) is 11.3 Å². The number of nitrogens with zero attached hydrogens (tertiary/aromatic N) is 1. The van der Waals surface area contributed by atoms with Gasteiger partial charge in [-0.25, -0.2) is 4.79 Å². The number of nitrogens with one attached hydrogen (secondary N) is 2. The first-order chi connectivity index (χ1) is 14.5. The Morgan fingerprint density at radius 1 is 1.17 bits per heavy atom. The normalized spacial score (nSPS) is 13.3. The van der Waals surface area contributed by atoms with Crippen LogP contribution in [-0.4, -0.2) is 29.9 Å². The first-order valence-corrected chi connectivity index (χ1v) is 10.4. The fraction of sp³-hybridized carbons (Fsp3) is 0.333. The zero-order chi connectivity index (χ0) is 21.3. The van der Waals surface area contributed by atoms with E-state index in [2.05, 4.69) is 10.6 Å². The highest BCUT2D eigenvalue weighted by atomic mass is 16.3. The minimum absolute atomic E-state index is 0.0983. The molecule has 0 radical (unpaired) electrons. The van der Waals surface area contributed by atoms with Gasteiger partial charge >= 0.3 is 6.03 Å². The summed E-state index contributed by atoms with van der Waals surface area (Å²) in [7, 11) is 1.76. The van der Waals surface area contributed by atoms with Gasteiger partial charge in [-0.3, -0.25) is 4.79 Å². The van der Waals surface area contributed by atoms with E-state index in [1.165, 1.54) is 0 Å². The number of hydrogen-bond donors (Lipinski definition) is 2. The molecule has 1 heterocycles. The largest absolute Gasteiger partial charge is 0.461 e. The van der Waals surface area contributed by atoms with Crippen LogP contribution < -0.4 is 10.6 Å². The molecule has 1 fully saturated rings. The summed E-state index contributed by atoms with van der Waals surface area (Å²) in [5.74, 6) is 0.796. The number of furan rings is 1. The summed E-state index contributed by atoms with van der Waals surface area (Å²) in [5.41, 5.74) is 3.97. The van der Waals surface area contributed by atoms with Gasteiger partial charge in [0.15, 0.2) is 0 Å². The number of aryl methyl sites for hydroxylation is 2. The Balaban J connectivity index is 1.49. The summed E-state index contributed by atoms with van der Waals surface area (Å²) in [4.78, 5) is 26.9. The number of carbonyl (C=O) groups excluding carboxylic acids is 2. The fourth-order valence-corrected chi connectivity index (χ4v) is 3.52. The smallest absolute Gasteiger partial charge is 0.321 e. The van der Waals surface area contributed by atoms with Crippen LogP contribution in [0.5, 0.6) is 0 Å². The maximum absolute atomic E-state index is 12.9. The summed E-state index contributed by atoms with van der Waals surface area (Å²) in [6, 6.07) is 13.3. The Kier molecular flexibility index (Phi) is 5.48. The second-order valence-corrected chi connectivity index (χ2v) is 7.92. The van der Waals surface area contributed by atoms with Gasteiger partial charge in [-0.05, 0) is 43.5 Å². The van der Waals surface area contributed by atoms with E-state index in [-0.39, 0.29) is 11.9 Å². The van der Waals surface area contributed by atoms with Crippen molar-refractivity contribution in [2.45, 2.75) is 45.7 Å². The van der Waals surface area contributed by atoms with E-state index in [9.17, 15) is 9.59 Å². The molecule has 1 aliphatic carbocycles. The molecule has 3 aromatic rings. The van der Waals surface area contributed by atoms with Crippen molar-refractivity contribution < 1.29 is 14.0 Å². The Labute approximate surface area is 176 Å². The van der Waals surface area contributed by atoms with E-state index in [1.807, 2.05) is 44.2 Å². The van der Waals surface area contributed by atoms with E-state index in [0.717, 1.165) is 47.1 Å². The Morgan fingerprint density at radius 2 is 1.93 bits per heavy atom. The van der Waals surface area contributed by atoms with Crippen molar-refractivity contribution in [1.82, 2.24) is 10.2 Å². The number of carbonyl (C=O) groups is 2. The lowest BCUT2D eigenvalue weighted by Crippen LogP contribution is -2.31. The first-order valence-electron chi connectivity index (χ1n) is 10.4. The van der Waals surface area contributed by atoms with Crippen LogP contribution in [0.25, 0.3) is 11.0 Å². The topological polar surface area (TPSA) is 74.6 Å². The molecule has 0 unspecified atom stereocenters. The molecule has 0 saturated heterocycles. The Hall–Kier alpha value is -3.28. The number of benzene rings is 2. The number of amides is 3. The highest BCUT2D eigenvalue weighted by Gasteiger charge is 2.24. The fourth-order valence-electron chi connectivity index (χ4n) is 3.52. The van der Waals surface area contributed by atoms with Crippen molar-refractivity contribution in [2.24, 2.45) is 0 Å². The van der Waals surface area contributed by atoms with Crippen LogP contribution in [0.3, 0.4) is 0 Å². The summed E-state index contributed by atoms with van der Waals surface area (Å²) in [6.45, 7) is 4.40. The molecule has 6 heteroatoms. The molecule has 6 nitrogen and oxygen atoms in total. The van der Waals surface area contributed by atoms with E-state index in [4.69, 9.17) is 4.42 Å². The van der Waals surface area contributed by atoms with Gasteiger partial charge in [-0.2, -0.15) is 0 Å². The molecular weight excluding hydrogens is 378 g/mol. The van der Waals surface area contributed by atoms with Gasteiger partial charge in [0.2, 0.25) is 0 Å². The van der Waals surface area contributed by atoms with E-state index < -0.39 is 0 Å². The van der Waals surface area contributed by atoms with Crippen molar-refractivity contribution >= 4 is 28.6 Å². The third-order valence-corrected chi connectivity index (χ3v) is 5.50. The van der Waals surface area contributed by atoms with Crippen molar-refractivity contribution in [2.75, 3.05) is 12.4 Å². The minimum atomic E-state index is -0.231. The molecule has 0 spiro atoms. The van der Waals surface area contributed by atoms with E-state index >= 15 is 0 Å². The third kappa shape index (κ3) is 4.17. The van der Waals surface area contributed by atoms with Crippen LogP contribution >= 0.6 is 0 Å². The predicted octanol–water partition coefficient (Wildman–Crippen LogP) is 4.86. The number of rotatable bonds is 6. The maximum Gasteiger partial charge on any atom is 0.321 e. The van der Waals surface area contributed by atoms with Gasteiger partial charge in [-0.1, -0.05) is 31.2 Å². The van der Waals surface area contributed by atoms with Crippen LogP contribution in [0, 0.1) is 6.92 Å². The second-order valence-electron chi connectivity index (χ2n) is 7.92. The van der Waals surface area contributed by atoms with Crippen LogP contribution in [0.1, 0.15) is 47.0 Å². The van der Waals surface area contributed by atoms with E-state index in [0.29, 0.717) is 23.8 Å². The van der Waals surface area contributed by atoms with Gasteiger partial charge in [0, 0.05) is 41.7 Å². The standard InChI is InChI=1S/C24H27N3O3/c1-4-21-19(18-7-5-6-8-22(18)30-21)14-27(3)24(29)26-20-13-16(10-9-15(20)2)23(28)25-17-11-12-17/h5-10,13,17H,4,11-12,14H2,1-3H3,(H,25,28)(H,26,29). The SMILES string of the molecule is CCc1oc2ccccc2c1CN(C)C(=O)Nc1cc(C(=O)NC2CC2)ccc1C. The molecule has 1 aliphatic rings. The lowest BCUT2D eigenvalue weighted by molar-refractivity contribution is 0.0951. The quantitative estimate of drug-likeness (QED) is 0.615. The minimum Gasteiger partial charge on any atom is -0.461 e. The molecule has 2 aromatic carbocycles. The average Bonchev–Trinajstić information content (AvgIpc) is 3.49. The Bertz CT molecular complexity index is 1100. The van der Waals surface area contributed by atoms with Gasteiger partial charge in [0.25, 0.3) is 5.91 Å². The van der Waals surface area contributed by atoms with Gasteiger partial charge in [-0.15, -0.1) is 0 Å². The summed E-state index contributed by atoms with van der Waals surface area (Å²) >= 11 is 0. The molecule has 4 rings (SSSR count). The second kappa shape index (κ2) is 8.22. The van der Waals surface area contributed by atoms with Crippen molar-refractivity contribution in [3.8, 4) is 0 Å². The highest BCUT2D eigenvalue weighted by Crippen LogP contribution is 2.28. The van der Waals surface area contributed by atoms with Gasteiger partial charge < -0.3 is 20.0 Å². The number of hydrogen-bond acceptors (Lipinski definition) is 3. The lowest BCUT2D eigenvalue weighted by Gasteiger charge is -2.19. The molecule has 0 atom stereocenters. The monoisotopic (exact) mass is 405 g/mol. The highest BCUT2D eigenvalue weighted by molar-refractivity contribution is 5.97. The van der Waals surface area contributed by atoms with E-state index in [1.54, 1.807) is 24.1 Å².